The Morgan fingerprint density at radius 2 is 1.79 bits per heavy atom. The second-order valence-electron chi connectivity index (χ2n) is 6.25. The number of carbonyl (C=O) groups is 1. The minimum Gasteiger partial charge on any atom is -0.322 e. The van der Waals surface area contributed by atoms with Crippen molar-refractivity contribution in [2.75, 3.05) is 5.32 Å². The van der Waals surface area contributed by atoms with Crippen LogP contribution in [-0.4, -0.2) is 15.8 Å². The number of thiazole rings is 1. The number of hydrogen-bond acceptors (Lipinski definition) is 5. The Balaban J connectivity index is 1.57. The number of nitro groups is 1. The number of fused-ring (bicyclic) bond motifs is 1. The van der Waals surface area contributed by atoms with Crippen molar-refractivity contribution in [3.63, 3.8) is 0 Å². The van der Waals surface area contributed by atoms with Gasteiger partial charge in [-0.05, 0) is 49.4 Å². The van der Waals surface area contributed by atoms with E-state index in [4.69, 9.17) is 0 Å². The quantitative estimate of drug-likeness (QED) is 0.372. The van der Waals surface area contributed by atoms with Crippen LogP contribution in [0.15, 0.2) is 66.7 Å². The predicted octanol–water partition coefficient (Wildman–Crippen LogP) is 5.43. The van der Waals surface area contributed by atoms with Gasteiger partial charge in [0.15, 0.2) is 0 Å². The summed E-state index contributed by atoms with van der Waals surface area (Å²) in [5.74, 6) is -0.511. The van der Waals surface area contributed by atoms with Crippen LogP contribution in [-0.2, 0) is 0 Å². The summed E-state index contributed by atoms with van der Waals surface area (Å²) in [4.78, 5) is 27.9. The molecule has 138 valence electrons. The zero-order valence-corrected chi connectivity index (χ0v) is 15.7. The van der Waals surface area contributed by atoms with Crippen LogP contribution in [0.4, 0.5) is 11.4 Å². The van der Waals surface area contributed by atoms with Gasteiger partial charge in [-0.3, -0.25) is 14.9 Å². The average Bonchev–Trinajstić information content (AvgIpc) is 3.12. The number of rotatable bonds is 4. The third-order valence-electron chi connectivity index (χ3n) is 4.35. The van der Waals surface area contributed by atoms with Crippen LogP contribution >= 0.6 is 11.3 Å². The average molecular weight is 389 g/mol. The lowest BCUT2D eigenvalue weighted by atomic mass is 10.1. The zero-order valence-electron chi connectivity index (χ0n) is 14.9. The summed E-state index contributed by atoms with van der Waals surface area (Å²) in [5, 5.41) is 14.9. The van der Waals surface area contributed by atoms with Crippen LogP contribution in [0, 0.1) is 17.0 Å². The van der Waals surface area contributed by atoms with Crippen molar-refractivity contribution in [3.8, 4) is 10.6 Å². The van der Waals surface area contributed by atoms with E-state index in [9.17, 15) is 14.9 Å². The third kappa shape index (κ3) is 3.35. The summed E-state index contributed by atoms with van der Waals surface area (Å²) in [5.41, 5.74) is 2.77. The van der Waals surface area contributed by atoms with E-state index in [1.807, 2.05) is 36.4 Å². The van der Waals surface area contributed by atoms with Crippen LogP contribution in [0.3, 0.4) is 0 Å². The van der Waals surface area contributed by atoms with Gasteiger partial charge >= 0.3 is 0 Å². The molecule has 3 aromatic carbocycles. The monoisotopic (exact) mass is 389 g/mol. The van der Waals surface area contributed by atoms with Crippen LogP contribution in [0.5, 0.6) is 0 Å². The normalized spacial score (nSPS) is 10.8. The second kappa shape index (κ2) is 7.21. The Labute approximate surface area is 164 Å². The van der Waals surface area contributed by atoms with Crippen LogP contribution in [0.2, 0.25) is 0 Å². The number of nitro benzene ring substituents is 1. The molecule has 0 spiro atoms. The summed E-state index contributed by atoms with van der Waals surface area (Å²) in [7, 11) is 0. The van der Waals surface area contributed by atoms with Crippen LogP contribution in [0.1, 0.15) is 15.9 Å². The fraction of sp³-hybridized carbons (Fsp3) is 0.0476. The first kappa shape index (κ1) is 17.8. The molecule has 1 amide bonds. The molecule has 0 radical (unpaired) electrons. The zero-order chi connectivity index (χ0) is 19.7. The number of carbonyl (C=O) groups excluding carboxylic acids is 1. The molecule has 7 heteroatoms. The molecule has 0 aliphatic rings. The molecule has 0 saturated carbocycles. The molecule has 0 bridgehead atoms. The Bertz CT molecular complexity index is 1170. The molecule has 1 aromatic heterocycles. The summed E-state index contributed by atoms with van der Waals surface area (Å²) in [6.45, 7) is 1.61. The summed E-state index contributed by atoms with van der Waals surface area (Å²) in [6, 6.07) is 19.9. The maximum absolute atomic E-state index is 12.5. The van der Waals surface area contributed by atoms with E-state index in [0.29, 0.717) is 11.3 Å². The van der Waals surface area contributed by atoms with Gasteiger partial charge in [0.1, 0.15) is 10.6 Å². The number of hydrogen-bond donors (Lipinski definition) is 1. The number of nitrogens with zero attached hydrogens (tertiary/aromatic N) is 2. The standard InChI is InChI=1S/C21H15N3O3S/c1-13-5-4-6-16(19(13)24(26)27)20(25)22-15-11-9-14(10-12-15)21-23-17-7-2-3-8-18(17)28-21/h2-12H,1H3,(H,22,25). The molecule has 4 rings (SSSR count). The number of aromatic nitrogens is 1. The van der Waals surface area contributed by atoms with Crippen LogP contribution in [0.25, 0.3) is 20.8 Å². The van der Waals surface area contributed by atoms with E-state index < -0.39 is 10.8 Å². The molecule has 0 atom stereocenters. The van der Waals surface area contributed by atoms with Crippen molar-refractivity contribution in [2.45, 2.75) is 6.92 Å². The minimum absolute atomic E-state index is 0.0419. The predicted molar refractivity (Wildman–Crippen MR) is 111 cm³/mol. The molecule has 1 heterocycles. The van der Waals surface area contributed by atoms with E-state index in [-0.39, 0.29) is 11.3 Å². The highest BCUT2D eigenvalue weighted by Crippen LogP contribution is 2.31. The van der Waals surface area contributed by atoms with Gasteiger partial charge in [0.05, 0.1) is 15.1 Å². The van der Waals surface area contributed by atoms with Crippen LogP contribution < -0.4 is 5.32 Å². The van der Waals surface area contributed by atoms with Crippen molar-refractivity contribution in [1.29, 1.82) is 0 Å². The number of nitrogens with one attached hydrogen (secondary N) is 1. The van der Waals surface area contributed by atoms with E-state index in [1.165, 1.54) is 6.07 Å². The SMILES string of the molecule is Cc1cccc(C(=O)Nc2ccc(-c3nc4ccccc4s3)cc2)c1[N+](=O)[O-]. The molecule has 4 aromatic rings. The smallest absolute Gasteiger partial charge is 0.285 e. The van der Waals surface area contributed by atoms with Gasteiger partial charge in [-0.15, -0.1) is 11.3 Å². The van der Waals surface area contributed by atoms with Gasteiger partial charge in [0, 0.05) is 16.8 Å². The molecule has 0 saturated heterocycles. The van der Waals surface area contributed by atoms with E-state index in [1.54, 1.807) is 42.5 Å². The first-order chi connectivity index (χ1) is 13.5. The van der Waals surface area contributed by atoms with Gasteiger partial charge < -0.3 is 5.32 Å². The molecule has 0 aliphatic heterocycles. The molecule has 0 aliphatic carbocycles. The van der Waals surface area contributed by atoms with E-state index in [2.05, 4.69) is 10.3 Å². The lowest BCUT2D eigenvalue weighted by Gasteiger charge is -2.07. The van der Waals surface area contributed by atoms with Gasteiger partial charge in [-0.1, -0.05) is 24.3 Å². The maximum atomic E-state index is 12.5. The van der Waals surface area contributed by atoms with Crippen molar-refractivity contribution in [1.82, 2.24) is 4.98 Å². The fourth-order valence-corrected chi connectivity index (χ4v) is 3.95. The van der Waals surface area contributed by atoms with Gasteiger partial charge in [-0.2, -0.15) is 0 Å². The number of aryl methyl sites for hydroxylation is 1. The lowest BCUT2D eigenvalue weighted by molar-refractivity contribution is -0.385. The Kier molecular flexibility index (Phi) is 4.58. The Morgan fingerprint density at radius 1 is 1.04 bits per heavy atom. The van der Waals surface area contributed by atoms with Gasteiger partial charge in [0.2, 0.25) is 0 Å². The highest BCUT2D eigenvalue weighted by molar-refractivity contribution is 7.21. The number of amides is 1. The van der Waals surface area contributed by atoms with E-state index in [0.717, 1.165) is 20.8 Å². The fourth-order valence-electron chi connectivity index (χ4n) is 2.97. The molecule has 0 unspecified atom stereocenters. The molecule has 6 nitrogen and oxygen atoms in total. The summed E-state index contributed by atoms with van der Waals surface area (Å²) < 4.78 is 1.11. The van der Waals surface area contributed by atoms with Crippen molar-refractivity contribution in [2.24, 2.45) is 0 Å². The number of para-hydroxylation sites is 2. The molecule has 0 fully saturated rings. The topological polar surface area (TPSA) is 85.1 Å². The van der Waals surface area contributed by atoms with Crippen molar-refractivity contribution in [3.05, 3.63) is 88.0 Å². The van der Waals surface area contributed by atoms with Gasteiger partial charge in [-0.25, -0.2) is 4.98 Å². The Hall–Kier alpha value is -3.58. The van der Waals surface area contributed by atoms with Gasteiger partial charge in [0.25, 0.3) is 11.6 Å². The van der Waals surface area contributed by atoms with Crippen molar-refractivity contribution >= 4 is 38.8 Å². The Morgan fingerprint density at radius 3 is 2.50 bits per heavy atom. The molecular formula is C21H15N3O3S. The third-order valence-corrected chi connectivity index (χ3v) is 5.43. The largest absolute Gasteiger partial charge is 0.322 e. The first-order valence-electron chi connectivity index (χ1n) is 8.54. The number of benzene rings is 3. The summed E-state index contributed by atoms with van der Waals surface area (Å²) in [6.07, 6.45) is 0. The highest BCUT2D eigenvalue weighted by atomic mass is 32.1. The lowest BCUT2D eigenvalue weighted by Crippen LogP contribution is -2.14. The molecule has 1 N–H and O–H groups in total. The number of anilines is 1. The molecular weight excluding hydrogens is 374 g/mol. The maximum Gasteiger partial charge on any atom is 0.285 e. The molecule has 28 heavy (non-hydrogen) atoms. The minimum atomic E-state index is -0.527. The van der Waals surface area contributed by atoms with Crippen molar-refractivity contribution < 1.29 is 9.72 Å². The first-order valence-corrected chi connectivity index (χ1v) is 9.36. The second-order valence-corrected chi connectivity index (χ2v) is 7.28. The highest BCUT2D eigenvalue weighted by Gasteiger charge is 2.22. The summed E-state index contributed by atoms with van der Waals surface area (Å²) >= 11 is 1.60. The van der Waals surface area contributed by atoms with E-state index >= 15 is 0 Å².